The Bertz CT molecular complexity index is 796. The van der Waals surface area contributed by atoms with E-state index in [0.717, 1.165) is 17.1 Å². The average molecular weight is 359 g/mol. The molecular weight excluding hydrogens is 334 g/mol. The molecule has 1 aromatic carbocycles. The van der Waals surface area contributed by atoms with E-state index >= 15 is 0 Å². The van der Waals surface area contributed by atoms with Crippen molar-refractivity contribution >= 4 is 11.9 Å². The van der Waals surface area contributed by atoms with Crippen molar-refractivity contribution in [2.45, 2.75) is 39.7 Å². The second-order valence-electron chi connectivity index (χ2n) is 6.88. The number of methoxy groups -OCH3 is 1. The van der Waals surface area contributed by atoms with E-state index in [2.05, 4.69) is 10.4 Å². The molecule has 1 unspecified atom stereocenters. The predicted octanol–water partition coefficient (Wildman–Crippen LogP) is 2.81. The number of carboxylic acid groups (broad SMARTS) is 1. The van der Waals surface area contributed by atoms with Crippen molar-refractivity contribution < 1.29 is 19.4 Å². The number of ether oxygens (including phenoxy) is 1. The molecule has 0 spiro atoms. The first-order valence-electron chi connectivity index (χ1n) is 8.41. The van der Waals surface area contributed by atoms with E-state index in [9.17, 15) is 9.59 Å². The number of hydrogen-bond donors (Lipinski definition) is 2. The SMILES string of the molecule is COc1ccc(-n2nc(C(=O)NC(C)(CC(=O)O)C(C)C)cc2C)cc1. The Morgan fingerprint density at radius 1 is 1.31 bits per heavy atom. The molecule has 0 aliphatic rings. The first kappa shape index (κ1) is 19.5. The van der Waals surface area contributed by atoms with Crippen LogP contribution in [0.2, 0.25) is 0 Å². The van der Waals surface area contributed by atoms with Gasteiger partial charge in [-0.25, -0.2) is 4.68 Å². The molecule has 0 fully saturated rings. The van der Waals surface area contributed by atoms with E-state index in [1.165, 1.54) is 0 Å². The van der Waals surface area contributed by atoms with Crippen LogP contribution in [0.4, 0.5) is 0 Å². The summed E-state index contributed by atoms with van der Waals surface area (Å²) in [6.07, 6.45) is -0.158. The average Bonchev–Trinajstić information content (AvgIpc) is 2.96. The van der Waals surface area contributed by atoms with Crippen LogP contribution >= 0.6 is 0 Å². The molecular formula is C19H25N3O4. The highest BCUT2D eigenvalue weighted by Crippen LogP contribution is 2.22. The van der Waals surface area contributed by atoms with Crippen molar-refractivity contribution in [2.24, 2.45) is 5.92 Å². The Labute approximate surface area is 153 Å². The minimum atomic E-state index is -0.957. The summed E-state index contributed by atoms with van der Waals surface area (Å²) in [6, 6.07) is 9.02. The molecule has 140 valence electrons. The minimum Gasteiger partial charge on any atom is -0.497 e. The summed E-state index contributed by atoms with van der Waals surface area (Å²) in [5.74, 6) is -0.663. The lowest BCUT2D eigenvalue weighted by atomic mass is 9.85. The summed E-state index contributed by atoms with van der Waals surface area (Å²) in [4.78, 5) is 23.8. The van der Waals surface area contributed by atoms with Crippen LogP contribution < -0.4 is 10.1 Å². The van der Waals surface area contributed by atoms with Crippen LogP contribution in [-0.2, 0) is 4.79 Å². The first-order chi connectivity index (χ1) is 12.2. The van der Waals surface area contributed by atoms with Crippen LogP contribution in [0.3, 0.4) is 0 Å². The molecule has 7 nitrogen and oxygen atoms in total. The third-order valence-electron chi connectivity index (χ3n) is 4.63. The molecule has 0 bridgehead atoms. The first-order valence-corrected chi connectivity index (χ1v) is 8.41. The number of nitrogens with one attached hydrogen (secondary N) is 1. The Morgan fingerprint density at radius 3 is 2.42 bits per heavy atom. The standard InChI is InChI=1S/C19H25N3O4/c1-12(2)19(4,11-17(23)24)20-18(25)16-10-13(3)22(21-16)14-6-8-15(26-5)9-7-14/h6-10,12H,11H2,1-5H3,(H,20,25)(H,23,24). The van der Waals surface area contributed by atoms with Gasteiger partial charge in [0.1, 0.15) is 5.75 Å². The fourth-order valence-corrected chi connectivity index (χ4v) is 2.60. The van der Waals surface area contributed by atoms with E-state index in [1.54, 1.807) is 24.8 Å². The van der Waals surface area contributed by atoms with Crippen molar-refractivity contribution in [3.8, 4) is 11.4 Å². The molecule has 7 heteroatoms. The summed E-state index contributed by atoms with van der Waals surface area (Å²) in [5.41, 5.74) is 0.987. The maximum atomic E-state index is 12.6. The summed E-state index contributed by atoms with van der Waals surface area (Å²) in [5, 5.41) is 16.3. The number of nitrogens with zero attached hydrogens (tertiary/aromatic N) is 2. The van der Waals surface area contributed by atoms with Gasteiger partial charge in [0, 0.05) is 5.69 Å². The summed E-state index contributed by atoms with van der Waals surface area (Å²) >= 11 is 0. The topological polar surface area (TPSA) is 93.5 Å². The van der Waals surface area contributed by atoms with Crippen molar-refractivity contribution in [3.63, 3.8) is 0 Å². The molecule has 2 aromatic rings. The lowest BCUT2D eigenvalue weighted by Crippen LogP contribution is -2.51. The second kappa shape index (κ2) is 7.59. The van der Waals surface area contributed by atoms with Crippen LogP contribution in [0.25, 0.3) is 5.69 Å². The lowest BCUT2D eigenvalue weighted by molar-refractivity contribution is -0.138. The van der Waals surface area contributed by atoms with Crippen LogP contribution in [0, 0.1) is 12.8 Å². The molecule has 0 aliphatic carbocycles. The number of hydrogen-bond acceptors (Lipinski definition) is 4. The summed E-state index contributed by atoms with van der Waals surface area (Å²) in [6.45, 7) is 7.35. The molecule has 0 aliphatic heterocycles. The molecule has 1 aromatic heterocycles. The largest absolute Gasteiger partial charge is 0.497 e. The van der Waals surface area contributed by atoms with Gasteiger partial charge in [-0.1, -0.05) is 13.8 Å². The normalized spacial score (nSPS) is 13.3. The summed E-state index contributed by atoms with van der Waals surface area (Å²) in [7, 11) is 1.60. The zero-order chi connectivity index (χ0) is 19.5. The number of carboxylic acids is 1. The van der Waals surface area contributed by atoms with Gasteiger partial charge in [0.2, 0.25) is 0 Å². The number of carbonyl (C=O) groups is 2. The van der Waals surface area contributed by atoms with E-state index in [4.69, 9.17) is 9.84 Å². The van der Waals surface area contributed by atoms with Crippen molar-refractivity contribution in [3.05, 3.63) is 41.7 Å². The Hall–Kier alpha value is -2.83. The van der Waals surface area contributed by atoms with Crippen LogP contribution in [0.15, 0.2) is 30.3 Å². The quantitative estimate of drug-likeness (QED) is 0.793. The van der Waals surface area contributed by atoms with E-state index in [0.29, 0.717) is 0 Å². The molecule has 0 saturated heterocycles. The van der Waals surface area contributed by atoms with E-state index < -0.39 is 17.4 Å². The Balaban J connectivity index is 2.26. The number of aromatic nitrogens is 2. The molecule has 0 radical (unpaired) electrons. The number of aliphatic carboxylic acids is 1. The van der Waals surface area contributed by atoms with Gasteiger partial charge in [-0.15, -0.1) is 0 Å². The number of amides is 1. The molecule has 2 rings (SSSR count). The van der Waals surface area contributed by atoms with Gasteiger partial charge in [0.25, 0.3) is 5.91 Å². The smallest absolute Gasteiger partial charge is 0.305 e. The summed E-state index contributed by atoms with van der Waals surface area (Å²) < 4.78 is 6.81. The zero-order valence-electron chi connectivity index (χ0n) is 15.7. The third kappa shape index (κ3) is 4.22. The highest BCUT2D eigenvalue weighted by molar-refractivity contribution is 5.93. The monoisotopic (exact) mass is 359 g/mol. The third-order valence-corrected chi connectivity index (χ3v) is 4.63. The molecule has 1 heterocycles. The van der Waals surface area contributed by atoms with E-state index in [-0.39, 0.29) is 18.0 Å². The maximum Gasteiger partial charge on any atom is 0.305 e. The van der Waals surface area contributed by atoms with E-state index in [1.807, 2.05) is 45.0 Å². The fraction of sp³-hybridized carbons (Fsp3) is 0.421. The van der Waals surface area contributed by atoms with Crippen LogP contribution in [0.5, 0.6) is 5.75 Å². The number of aryl methyl sites for hydroxylation is 1. The minimum absolute atomic E-state index is 0.0488. The van der Waals surface area contributed by atoms with Gasteiger partial charge >= 0.3 is 5.97 Å². The Morgan fingerprint density at radius 2 is 1.92 bits per heavy atom. The number of carbonyl (C=O) groups excluding carboxylic acids is 1. The lowest BCUT2D eigenvalue weighted by Gasteiger charge is -2.33. The zero-order valence-corrected chi connectivity index (χ0v) is 15.7. The van der Waals surface area contributed by atoms with Gasteiger partial charge in [-0.2, -0.15) is 5.10 Å². The van der Waals surface area contributed by atoms with Crippen LogP contribution in [0.1, 0.15) is 43.4 Å². The highest BCUT2D eigenvalue weighted by atomic mass is 16.5. The molecule has 2 N–H and O–H groups in total. The highest BCUT2D eigenvalue weighted by Gasteiger charge is 2.33. The van der Waals surface area contributed by atoms with Gasteiger partial charge in [-0.3, -0.25) is 9.59 Å². The molecule has 1 atom stereocenters. The van der Waals surface area contributed by atoms with Gasteiger partial charge in [0.05, 0.1) is 24.8 Å². The predicted molar refractivity (Wildman–Crippen MR) is 97.8 cm³/mol. The van der Waals surface area contributed by atoms with Crippen molar-refractivity contribution in [2.75, 3.05) is 7.11 Å². The van der Waals surface area contributed by atoms with Gasteiger partial charge in [0.15, 0.2) is 5.69 Å². The van der Waals surface area contributed by atoms with Crippen molar-refractivity contribution in [1.29, 1.82) is 0 Å². The maximum absolute atomic E-state index is 12.6. The second-order valence-corrected chi connectivity index (χ2v) is 6.88. The number of rotatable bonds is 7. The fourth-order valence-electron chi connectivity index (χ4n) is 2.60. The van der Waals surface area contributed by atoms with Crippen LogP contribution in [-0.4, -0.2) is 39.4 Å². The van der Waals surface area contributed by atoms with Gasteiger partial charge < -0.3 is 15.2 Å². The Kier molecular flexibility index (Phi) is 5.69. The van der Waals surface area contributed by atoms with Gasteiger partial charge in [-0.05, 0) is 50.1 Å². The molecule has 0 saturated carbocycles. The molecule has 26 heavy (non-hydrogen) atoms. The van der Waals surface area contributed by atoms with Crippen molar-refractivity contribution in [1.82, 2.24) is 15.1 Å². The number of benzene rings is 1. The molecule has 1 amide bonds.